The van der Waals surface area contributed by atoms with Crippen LogP contribution in [0.4, 0.5) is 21.7 Å². The molecular formula is C24H24FN7O3. The number of nitrogens with zero attached hydrogens (tertiary/aromatic N) is 5. The number of aryl methyl sites for hydroxylation is 1. The second-order valence-corrected chi connectivity index (χ2v) is 8.58. The molecule has 0 bridgehead atoms. The number of nitrogens with one attached hydrogen (secondary N) is 2. The van der Waals surface area contributed by atoms with E-state index in [1.54, 1.807) is 0 Å². The molecule has 0 atom stereocenters. The summed E-state index contributed by atoms with van der Waals surface area (Å²) in [7, 11) is 2.12. The minimum absolute atomic E-state index is 0.0421. The Balaban J connectivity index is 1.44. The summed E-state index contributed by atoms with van der Waals surface area (Å²) in [6.45, 7) is 6.03. The van der Waals surface area contributed by atoms with Crippen molar-refractivity contribution in [2.75, 3.05) is 43.4 Å². The molecule has 0 radical (unpaired) electrons. The molecule has 0 amide bonds. The first-order valence-corrected chi connectivity index (χ1v) is 11.1. The molecule has 0 aliphatic carbocycles. The van der Waals surface area contributed by atoms with Crippen LogP contribution in [0.25, 0.3) is 16.7 Å². The van der Waals surface area contributed by atoms with E-state index in [1.807, 2.05) is 19.1 Å². The summed E-state index contributed by atoms with van der Waals surface area (Å²) in [6, 6.07) is 9.01. The number of aromatic amines is 1. The number of likely N-dealkylation sites (N-methyl/N-ethyl adjacent to an activating group) is 1. The van der Waals surface area contributed by atoms with Crippen molar-refractivity contribution in [1.82, 2.24) is 24.4 Å². The molecule has 4 aromatic rings. The van der Waals surface area contributed by atoms with Gasteiger partial charge in [0, 0.05) is 49.8 Å². The van der Waals surface area contributed by atoms with Crippen LogP contribution < -0.4 is 21.5 Å². The summed E-state index contributed by atoms with van der Waals surface area (Å²) in [6.07, 6.45) is 1.30. The van der Waals surface area contributed by atoms with Crippen molar-refractivity contribution in [3.63, 3.8) is 0 Å². The third kappa shape index (κ3) is 4.33. The van der Waals surface area contributed by atoms with Gasteiger partial charge in [-0.2, -0.15) is 4.98 Å². The number of phenolic OH excluding ortho intramolecular Hbond substituents is 1. The van der Waals surface area contributed by atoms with Crippen LogP contribution in [0.3, 0.4) is 0 Å². The second kappa shape index (κ2) is 8.84. The Labute approximate surface area is 199 Å². The number of halogens is 1. The molecule has 2 aromatic carbocycles. The first kappa shape index (κ1) is 22.5. The zero-order valence-electron chi connectivity index (χ0n) is 19.2. The van der Waals surface area contributed by atoms with Crippen molar-refractivity contribution >= 4 is 28.4 Å². The molecule has 1 saturated heterocycles. The van der Waals surface area contributed by atoms with Gasteiger partial charge in [0.2, 0.25) is 5.95 Å². The summed E-state index contributed by atoms with van der Waals surface area (Å²) in [5.41, 5.74) is 1.41. The van der Waals surface area contributed by atoms with Crippen LogP contribution in [0.1, 0.15) is 5.56 Å². The van der Waals surface area contributed by atoms with Gasteiger partial charge in [-0.25, -0.2) is 18.7 Å². The molecule has 1 aliphatic rings. The molecule has 1 fully saturated rings. The van der Waals surface area contributed by atoms with E-state index in [-0.39, 0.29) is 22.7 Å². The molecule has 11 heteroatoms. The van der Waals surface area contributed by atoms with E-state index in [9.17, 15) is 19.1 Å². The molecule has 0 spiro atoms. The fourth-order valence-corrected chi connectivity index (χ4v) is 4.23. The van der Waals surface area contributed by atoms with Crippen molar-refractivity contribution in [3.8, 4) is 11.4 Å². The number of aromatic nitrogens is 4. The maximum absolute atomic E-state index is 13.3. The van der Waals surface area contributed by atoms with Crippen molar-refractivity contribution in [3.05, 3.63) is 74.8 Å². The highest BCUT2D eigenvalue weighted by molar-refractivity contribution is 5.75. The molecule has 2 aromatic heterocycles. The molecule has 35 heavy (non-hydrogen) atoms. The van der Waals surface area contributed by atoms with Crippen LogP contribution in [0.2, 0.25) is 0 Å². The SMILES string of the molecule is Cc1cc(Nc2ncc3c(=O)n(-c4ccc(F)cc4O)c(=O)[nH]c3n2)ccc1N1CCN(C)CC1. The number of anilines is 3. The van der Waals surface area contributed by atoms with E-state index in [0.29, 0.717) is 4.57 Å². The number of hydrogen-bond acceptors (Lipinski definition) is 8. The molecule has 0 unspecified atom stereocenters. The Hall–Kier alpha value is -4.25. The number of rotatable bonds is 4. The number of H-pyrrole nitrogens is 1. The minimum Gasteiger partial charge on any atom is -0.506 e. The van der Waals surface area contributed by atoms with Gasteiger partial charge < -0.3 is 20.2 Å². The van der Waals surface area contributed by atoms with Crippen molar-refractivity contribution in [2.24, 2.45) is 0 Å². The number of benzene rings is 2. The van der Waals surface area contributed by atoms with Gasteiger partial charge in [-0.05, 0) is 49.9 Å². The summed E-state index contributed by atoms with van der Waals surface area (Å²) in [4.78, 5) is 41.3. The molecule has 3 N–H and O–H groups in total. The van der Waals surface area contributed by atoms with Gasteiger partial charge in [0.1, 0.15) is 17.0 Å². The number of hydrogen-bond donors (Lipinski definition) is 3. The lowest BCUT2D eigenvalue weighted by atomic mass is 10.1. The lowest BCUT2D eigenvalue weighted by Gasteiger charge is -2.35. The number of aromatic hydroxyl groups is 1. The molecule has 5 rings (SSSR count). The van der Waals surface area contributed by atoms with Crippen LogP contribution in [0.15, 0.2) is 52.2 Å². The standard InChI is InChI=1S/C24H24FN7O3/c1-14-11-16(4-6-18(14)31-9-7-30(2)8-10-31)27-23-26-13-17-21(28-23)29-24(35)32(22(17)34)19-5-3-15(25)12-20(19)33/h3-6,11-13,33H,7-10H2,1-2H3,(H2,26,27,28,29,35). The molecule has 1 aliphatic heterocycles. The largest absolute Gasteiger partial charge is 0.506 e. The molecule has 3 heterocycles. The Morgan fingerprint density at radius 3 is 2.51 bits per heavy atom. The Morgan fingerprint density at radius 2 is 1.80 bits per heavy atom. The topological polar surface area (TPSA) is 119 Å². The molecule has 180 valence electrons. The highest BCUT2D eigenvalue weighted by atomic mass is 19.1. The predicted octanol–water partition coefficient (Wildman–Crippen LogP) is 2.12. The third-order valence-corrected chi connectivity index (χ3v) is 6.13. The summed E-state index contributed by atoms with van der Waals surface area (Å²) in [5.74, 6) is -1.02. The summed E-state index contributed by atoms with van der Waals surface area (Å²) in [5, 5.41) is 13.2. The first-order chi connectivity index (χ1) is 16.8. The van der Waals surface area contributed by atoms with Gasteiger partial charge in [0.15, 0.2) is 5.65 Å². The number of phenols is 1. The van der Waals surface area contributed by atoms with Gasteiger partial charge in [-0.1, -0.05) is 0 Å². The average Bonchev–Trinajstić information content (AvgIpc) is 2.81. The molecule has 0 saturated carbocycles. The number of fused-ring (bicyclic) bond motifs is 1. The van der Waals surface area contributed by atoms with Crippen LogP contribution in [0, 0.1) is 12.7 Å². The van der Waals surface area contributed by atoms with Crippen LogP contribution in [-0.4, -0.2) is 62.8 Å². The average molecular weight is 478 g/mol. The van der Waals surface area contributed by atoms with Crippen LogP contribution in [-0.2, 0) is 0 Å². The first-order valence-electron chi connectivity index (χ1n) is 11.1. The van der Waals surface area contributed by atoms with E-state index >= 15 is 0 Å². The lowest BCUT2D eigenvalue weighted by Crippen LogP contribution is -2.44. The monoisotopic (exact) mass is 477 g/mol. The molecular weight excluding hydrogens is 453 g/mol. The van der Waals surface area contributed by atoms with Crippen molar-refractivity contribution in [1.29, 1.82) is 0 Å². The van der Waals surface area contributed by atoms with E-state index in [4.69, 9.17) is 0 Å². The minimum atomic E-state index is -0.818. The quantitative estimate of drug-likeness (QED) is 0.409. The maximum atomic E-state index is 13.3. The van der Waals surface area contributed by atoms with Crippen LogP contribution in [0.5, 0.6) is 5.75 Å². The lowest BCUT2D eigenvalue weighted by molar-refractivity contribution is 0.312. The normalized spacial score (nSPS) is 14.4. The van der Waals surface area contributed by atoms with Gasteiger partial charge in [-0.3, -0.25) is 9.78 Å². The van der Waals surface area contributed by atoms with E-state index in [0.717, 1.165) is 55.6 Å². The Kier molecular flexibility index (Phi) is 5.69. The van der Waals surface area contributed by atoms with Gasteiger partial charge in [0.05, 0.1) is 5.69 Å². The summed E-state index contributed by atoms with van der Waals surface area (Å²) >= 11 is 0. The van der Waals surface area contributed by atoms with Crippen molar-refractivity contribution < 1.29 is 9.50 Å². The molecule has 10 nitrogen and oxygen atoms in total. The highest BCUT2D eigenvalue weighted by Gasteiger charge is 2.17. The fraction of sp³-hybridized carbons (Fsp3) is 0.250. The second-order valence-electron chi connectivity index (χ2n) is 8.58. The predicted molar refractivity (Wildman–Crippen MR) is 132 cm³/mol. The van der Waals surface area contributed by atoms with Crippen molar-refractivity contribution in [2.45, 2.75) is 6.92 Å². The summed E-state index contributed by atoms with van der Waals surface area (Å²) < 4.78 is 14.0. The third-order valence-electron chi connectivity index (χ3n) is 6.13. The smallest absolute Gasteiger partial charge is 0.334 e. The van der Waals surface area contributed by atoms with Gasteiger partial charge in [-0.15, -0.1) is 0 Å². The van der Waals surface area contributed by atoms with E-state index in [2.05, 4.69) is 43.2 Å². The maximum Gasteiger partial charge on any atom is 0.334 e. The Morgan fingerprint density at radius 1 is 1.06 bits per heavy atom. The zero-order valence-corrected chi connectivity index (χ0v) is 19.2. The zero-order chi connectivity index (χ0) is 24.7. The fourth-order valence-electron chi connectivity index (χ4n) is 4.23. The van der Waals surface area contributed by atoms with Gasteiger partial charge in [0.25, 0.3) is 5.56 Å². The van der Waals surface area contributed by atoms with E-state index in [1.165, 1.54) is 11.9 Å². The van der Waals surface area contributed by atoms with Crippen LogP contribution >= 0.6 is 0 Å². The number of piperazine rings is 1. The highest BCUT2D eigenvalue weighted by Crippen LogP contribution is 2.26. The Bertz CT molecular complexity index is 1540. The van der Waals surface area contributed by atoms with Gasteiger partial charge >= 0.3 is 5.69 Å². The van der Waals surface area contributed by atoms with E-state index < -0.39 is 22.8 Å².